The smallest absolute Gasteiger partial charge is 0.254 e. The van der Waals surface area contributed by atoms with Crippen LogP contribution in [0.1, 0.15) is 39.5 Å². The summed E-state index contributed by atoms with van der Waals surface area (Å²) in [5.74, 6) is 0.953. The third-order valence-electron chi connectivity index (χ3n) is 6.17. The molecule has 0 saturated heterocycles. The minimum atomic E-state index is -0.410. The molecule has 35 heavy (non-hydrogen) atoms. The standard InChI is InChI=1S/C27H27FN4O2S/c1-17-29-22(16-35-17)15-31(2)26-20(11-18-7-10-24(34-3)13-25(18)30-26)14-32(23-8-9-23)27(33)19-5-4-6-21(28)12-19/h4-7,10-13,16,23H,8-9,14-15H2,1-3H3. The first-order valence-corrected chi connectivity index (χ1v) is 12.5. The summed E-state index contributed by atoms with van der Waals surface area (Å²) in [4.78, 5) is 26.9. The number of rotatable bonds is 8. The molecule has 5 rings (SSSR count). The lowest BCUT2D eigenvalue weighted by atomic mass is 10.1. The lowest BCUT2D eigenvalue weighted by Crippen LogP contribution is -2.33. The third kappa shape index (κ3) is 5.12. The number of aryl methyl sites for hydroxylation is 1. The van der Waals surface area contributed by atoms with Crippen LogP contribution in [-0.2, 0) is 13.1 Å². The number of benzene rings is 2. The monoisotopic (exact) mass is 490 g/mol. The minimum Gasteiger partial charge on any atom is -0.497 e. The summed E-state index contributed by atoms with van der Waals surface area (Å²) in [6.07, 6.45) is 1.89. The van der Waals surface area contributed by atoms with E-state index in [1.54, 1.807) is 30.6 Å². The van der Waals surface area contributed by atoms with Crippen molar-refractivity contribution in [1.82, 2.24) is 14.9 Å². The average molecular weight is 491 g/mol. The summed E-state index contributed by atoms with van der Waals surface area (Å²) in [5.41, 5.74) is 3.10. The largest absolute Gasteiger partial charge is 0.497 e. The number of nitrogens with zero attached hydrogens (tertiary/aromatic N) is 4. The number of amides is 1. The van der Waals surface area contributed by atoms with Crippen molar-refractivity contribution in [3.63, 3.8) is 0 Å². The Balaban J connectivity index is 1.53. The van der Waals surface area contributed by atoms with Gasteiger partial charge >= 0.3 is 0 Å². The fraction of sp³-hybridized carbons (Fsp3) is 0.296. The number of carbonyl (C=O) groups is 1. The molecule has 1 aliphatic rings. The summed E-state index contributed by atoms with van der Waals surface area (Å²) in [6.45, 7) is 2.98. The summed E-state index contributed by atoms with van der Waals surface area (Å²) in [5, 5.41) is 4.04. The zero-order valence-electron chi connectivity index (χ0n) is 20.0. The molecule has 0 radical (unpaired) electrons. The number of thiazole rings is 1. The first kappa shape index (κ1) is 23.2. The van der Waals surface area contributed by atoms with Gasteiger partial charge in [0.15, 0.2) is 0 Å². The van der Waals surface area contributed by atoms with Gasteiger partial charge in [-0.1, -0.05) is 6.07 Å². The van der Waals surface area contributed by atoms with Gasteiger partial charge in [-0.05, 0) is 56.2 Å². The molecule has 1 fully saturated rings. The molecule has 1 saturated carbocycles. The second kappa shape index (κ2) is 9.62. The van der Waals surface area contributed by atoms with Gasteiger partial charge in [-0.25, -0.2) is 14.4 Å². The van der Waals surface area contributed by atoms with Crippen LogP contribution in [-0.4, -0.2) is 41.0 Å². The maximum atomic E-state index is 13.8. The van der Waals surface area contributed by atoms with Crippen LogP contribution in [0.3, 0.4) is 0 Å². The van der Waals surface area contributed by atoms with Crippen LogP contribution in [0.4, 0.5) is 10.2 Å². The van der Waals surface area contributed by atoms with Crippen molar-refractivity contribution in [3.8, 4) is 5.75 Å². The zero-order chi connectivity index (χ0) is 24.5. The van der Waals surface area contributed by atoms with Gasteiger partial charge in [0, 0.05) is 47.6 Å². The van der Waals surface area contributed by atoms with Gasteiger partial charge in [0.2, 0.25) is 0 Å². The summed E-state index contributed by atoms with van der Waals surface area (Å²) >= 11 is 1.62. The molecular formula is C27H27FN4O2S. The SMILES string of the molecule is COc1ccc2cc(CN(C(=O)c3cccc(F)c3)C3CC3)c(N(C)Cc3csc(C)n3)nc2c1. The predicted molar refractivity (Wildman–Crippen MR) is 137 cm³/mol. The Morgan fingerprint density at radius 3 is 2.66 bits per heavy atom. The van der Waals surface area contributed by atoms with Crippen molar-refractivity contribution in [3.05, 3.63) is 81.6 Å². The molecule has 2 heterocycles. The second-order valence-corrected chi connectivity index (χ2v) is 9.98. The summed E-state index contributed by atoms with van der Waals surface area (Å²) < 4.78 is 19.2. The highest BCUT2D eigenvalue weighted by Crippen LogP contribution is 2.33. The topological polar surface area (TPSA) is 58.6 Å². The number of anilines is 1. The van der Waals surface area contributed by atoms with E-state index in [2.05, 4.69) is 21.3 Å². The lowest BCUT2D eigenvalue weighted by Gasteiger charge is -2.27. The van der Waals surface area contributed by atoms with E-state index in [1.165, 1.54) is 12.1 Å². The van der Waals surface area contributed by atoms with Crippen molar-refractivity contribution in [1.29, 1.82) is 0 Å². The number of hydrogen-bond donors (Lipinski definition) is 0. The Labute approximate surface area is 208 Å². The highest BCUT2D eigenvalue weighted by atomic mass is 32.1. The normalized spacial score (nSPS) is 13.1. The van der Waals surface area contributed by atoms with Crippen LogP contribution < -0.4 is 9.64 Å². The predicted octanol–water partition coefficient (Wildman–Crippen LogP) is 5.59. The maximum absolute atomic E-state index is 13.8. The molecule has 1 aliphatic carbocycles. The van der Waals surface area contributed by atoms with Gasteiger partial charge in [-0.2, -0.15) is 0 Å². The summed E-state index contributed by atoms with van der Waals surface area (Å²) in [7, 11) is 3.63. The van der Waals surface area contributed by atoms with E-state index in [1.807, 2.05) is 37.1 Å². The molecule has 0 spiro atoms. The Kier molecular flexibility index (Phi) is 6.38. The van der Waals surface area contributed by atoms with Crippen LogP contribution in [0, 0.1) is 12.7 Å². The van der Waals surface area contributed by atoms with Crippen LogP contribution in [0.15, 0.2) is 53.9 Å². The number of fused-ring (bicyclic) bond motifs is 1. The van der Waals surface area contributed by atoms with E-state index in [0.29, 0.717) is 18.7 Å². The van der Waals surface area contributed by atoms with Gasteiger partial charge in [0.05, 0.1) is 29.9 Å². The molecule has 1 amide bonds. The van der Waals surface area contributed by atoms with Gasteiger partial charge in [-0.3, -0.25) is 4.79 Å². The van der Waals surface area contributed by atoms with E-state index in [0.717, 1.165) is 51.6 Å². The molecule has 0 N–H and O–H groups in total. The number of methoxy groups -OCH3 is 1. The quantitative estimate of drug-likeness (QED) is 0.322. The third-order valence-corrected chi connectivity index (χ3v) is 6.99. The van der Waals surface area contributed by atoms with E-state index in [9.17, 15) is 9.18 Å². The molecule has 2 aromatic heterocycles. The van der Waals surface area contributed by atoms with Crippen molar-refractivity contribution in [2.24, 2.45) is 0 Å². The van der Waals surface area contributed by atoms with Crippen LogP contribution in [0.5, 0.6) is 5.75 Å². The second-order valence-electron chi connectivity index (χ2n) is 8.92. The first-order chi connectivity index (χ1) is 16.9. The molecule has 4 aromatic rings. The minimum absolute atomic E-state index is 0.150. The highest BCUT2D eigenvalue weighted by Gasteiger charge is 2.34. The first-order valence-electron chi connectivity index (χ1n) is 11.6. The van der Waals surface area contributed by atoms with E-state index >= 15 is 0 Å². The van der Waals surface area contributed by atoms with E-state index in [-0.39, 0.29) is 11.9 Å². The average Bonchev–Trinajstić information content (AvgIpc) is 3.62. The Bertz CT molecular complexity index is 1380. The molecule has 0 bridgehead atoms. The fourth-order valence-electron chi connectivity index (χ4n) is 4.28. The number of carbonyl (C=O) groups excluding carboxylic acids is 1. The molecule has 0 aliphatic heterocycles. The number of hydrogen-bond acceptors (Lipinski definition) is 6. The lowest BCUT2D eigenvalue weighted by molar-refractivity contribution is 0.0729. The van der Waals surface area contributed by atoms with E-state index in [4.69, 9.17) is 9.72 Å². The van der Waals surface area contributed by atoms with Gasteiger partial charge in [0.25, 0.3) is 5.91 Å². The van der Waals surface area contributed by atoms with Gasteiger partial charge in [0.1, 0.15) is 17.4 Å². The van der Waals surface area contributed by atoms with Crippen molar-refractivity contribution >= 4 is 34.0 Å². The molecule has 0 atom stereocenters. The van der Waals surface area contributed by atoms with Crippen molar-refractivity contribution < 1.29 is 13.9 Å². The zero-order valence-corrected chi connectivity index (χ0v) is 20.8. The van der Waals surface area contributed by atoms with Crippen molar-refractivity contribution in [2.75, 3.05) is 19.1 Å². The van der Waals surface area contributed by atoms with Gasteiger partial charge in [-0.15, -0.1) is 11.3 Å². The highest BCUT2D eigenvalue weighted by molar-refractivity contribution is 7.09. The maximum Gasteiger partial charge on any atom is 0.254 e. The number of pyridine rings is 1. The number of aromatic nitrogens is 2. The Morgan fingerprint density at radius 1 is 1.14 bits per heavy atom. The van der Waals surface area contributed by atoms with Crippen LogP contribution in [0.25, 0.3) is 10.9 Å². The number of halogens is 1. The molecular weight excluding hydrogens is 463 g/mol. The van der Waals surface area contributed by atoms with Crippen LogP contribution >= 0.6 is 11.3 Å². The Morgan fingerprint density at radius 2 is 1.97 bits per heavy atom. The molecule has 2 aromatic carbocycles. The van der Waals surface area contributed by atoms with Gasteiger partial charge < -0.3 is 14.5 Å². The van der Waals surface area contributed by atoms with Crippen LogP contribution in [0.2, 0.25) is 0 Å². The molecule has 0 unspecified atom stereocenters. The van der Waals surface area contributed by atoms with Crippen molar-refractivity contribution in [2.45, 2.75) is 38.9 Å². The number of ether oxygens (including phenoxy) is 1. The Hall–Kier alpha value is -3.52. The molecule has 180 valence electrons. The van der Waals surface area contributed by atoms with E-state index < -0.39 is 5.82 Å². The molecule has 8 heteroatoms. The molecule has 6 nitrogen and oxygen atoms in total. The fourth-order valence-corrected chi connectivity index (χ4v) is 4.88. The summed E-state index contributed by atoms with van der Waals surface area (Å²) in [6, 6.07) is 14.0.